The Kier molecular flexibility index (Phi) is 3.44. The van der Waals surface area contributed by atoms with Crippen LogP contribution >= 0.6 is 11.6 Å². The predicted octanol–water partition coefficient (Wildman–Crippen LogP) is 4.23. The van der Waals surface area contributed by atoms with Crippen LogP contribution in [0.1, 0.15) is 38.2 Å². The average molecular weight is 292 g/mol. The maximum Gasteiger partial charge on any atom is 0.187 e. The fraction of sp³-hybridized carbons (Fsp3) is 0.438. The van der Waals surface area contributed by atoms with Gasteiger partial charge in [-0.25, -0.2) is 4.98 Å². The highest BCUT2D eigenvalue weighted by Gasteiger charge is 2.23. The van der Waals surface area contributed by atoms with Crippen molar-refractivity contribution in [1.29, 1.82) is 0 Å². The molecule has 0 aliphatic carbocycles. The molecule has 1 aliphatic heterocycles. The maximum absolute atomic E-state index is 6.24. The maximum atomic E-state index is 6.24. The number of aromatic nitrogens is 1. The van der Waals surface area contributed by atoms with Crippen molar-refractivity contribution in [2.45, 2.75) is 32.5 Å². The summed E-state index contributed by atoms with van der Waals surface area (Å²) in [5.74, 6) is 0. The number of ether oxygens (including phenoxy) is 2. The van der Waals surface area contributed by atoms with Crippen LogP contribution < -0.4 is 0 Å². The Balaban J connectivity index is 2.11. The van der Waals surface area contributed by atoms with Crippen molar-refractivity contribution in [2.24, 2.45) is 0 Å². The largest absolute Gasteiger partial charge is 0.346 e. The fourth-order valence-corrected chi connectivity index (χ4v) is 2.57. The molecule has 0 unspecified atom stereocenters. The quantitative estimate of drug-likeness (QED) is 0.737. The van der Waals surface area contributed by atoms with Gasteiger partial charge in [0.25, 0.3) is 0 Å². The third-order valence-corrected chi connectivity index (χ3v) is 3.84. The minimum absolute atomic E-state index is 0.106. The molecule has 0 radical (unpaired) electrons. The van der Waals surface area contributed by atoms with E-state index in [-0.39, 0.29) is 5.41 Å². The highest BCUT2D eigenvalue weighted by molar-refractivity contribution is 6.30. The zero-order chi connectivity index (χ0) is 14.3. The van der Waals surface area contributed by atoms with Crippen LogP contribution in [0.4, 0.5) is 0 Å². The molecule has 3 rings (SSSR count). The van der Waals surface area contributed by atoms with Crippen molar-refractivity contribution in [3.63, 3.8) is 0 Å². The Morgan fingerprint density at radius 2 is 1.85 bits per heavy atom. The second kappa shape index (κ2) is 4.99. The number of nitrogens with zero attached hydrogens (tertiary/aromatic N) is 1. The van der Waals surface area contributed by atoms with E-state index >= 15 is 0 Å². The Morgan fingerprint density at radius 3 is 2.50 bits per heavy atom. The van der Waals surface area contributed by atoms with E-state index in [0.717, 1.165) is 16.5 Å². The Bertz CT molecular complexity index is 643. The van der Waals surface area contributed by atoms with Crippen LogP contribution in [0.3, 0.4) is 0 Å². The number of fused-ring (bicyclic) bond motifs is 1. The summed E-state index contributed by atoms with van der Waals surface area (Å²) < 4.78 is 11.0. The van der Waals surface area contributed by atoms with Gasteiger partial charge in [0.05, 0.1) is 18.7 Å². The molecule has 4 heteroatoms. The van der Waals surface area contributed by atoms with E-state index < -0.39 is 6.29 Å². The van der Waals surface area contributed by atoms with Gasteiger partial charge in [-0.3, -0.25) is 0 Å². The van der Waals surface area contributed by atoms with E-state index in [1.54, 1.807) is 0 Å². The normalized spacial score (nSPS) is 17.0. The number of rotatable bonds is 1. The molecular formula is C16H18ClNO2. The molecule has 0 spiro atoms. The third kappa shape index (κ3) is 2.53. The monoisotopic (exact) mass is 291 g/mol. The fourth-order valence-electron chi connectivity index (χ4n) is 2.34. The summed E-state index contributed by atoms with van der Waals surface area (Å²) >= 11 is 6.24. The van der Waals surface area contributed by atoms with Crippen molar-refractivity contribution in [3.8, 4) is 0 Å². The molecule has 106 valence electrons. The first kappa shape index (κ1) is 13.8. The third-order valence-electron chi connectivity index (χ3n) is 3.54. The summed E-state index contributed by atoms with van der Waals surface area (Å²) in [6.07, 6.45) is -0.391. The minimum Gasteiger partial charge on any atom is -0.346 e. The van der Waals surface area contributed by atoms with Crippen LogP contribution in [0, 0.1) is 0 Å². The number of pyridine rings is 1. The second-order valence-electron chi connectivity index (χ2n) is 6.10. The second-order valence-corrected chi connectivity index (χ2v) is 6.46. The number of hydrogen-bond acceptors (Lipinski definition) is 3. The number of benzene rings is 1. The molecule has 1 fully saturated rings. The summed E-state index contributed by atoms with van der Waals surface area (Å²) in [5.41, 5.74) is 3.08. The topological polar surface area (TPSA) is 31.4 Å². The van der Waals surface area contributed by atoms with E-state index in [1.807, 2.05) is 12.1 Å². The minimum atomic E-state index is -0.391. The van der Waals surface area contributed by atoms with E-state index in [0.29, 0.717) is 18.4 Å². The molecule has 0 bridgehead atoms. The molecular weight excluding hydrogens is 274 g/mol. The van der Waals surface area contributed by atoms with Crippen molar-refractivity contribution in [1.82, 2.24) is 4.98 Å². The number of halogens is 1. The molecule has 3 nitrogen and oxygen atoms in total. The first-order chi connectivity index (χ1) is 9.45. The first-order valence-corrected chi connectivity index (χ1v) is 7.17. The van der Waals surface area contributed by atoms with Gasteiger partial charge in [0.15, 0.2) is 6.29 Å². The molecule has 1 aromatic heterocycles. The smallest absolute Gasteiger partial charge is 0.187 e. The highest BCUT2D eigenvalue weighted by atomic mass is 35.5. The Morgan fingerprint density at radius 1 is 1.15 bits per heavy atom. The van der Waals surface area contributed by atoms with E-state index in [1.165, 1.54) is 5.56 Å². The lowest BCUT2D eigenvalue weighted by Crippen LogP contribution is -2.10. The standard InChI is InChI=1S/C16H18ClNO2/c1-16(2,3)11-4-5-13-10(8-11)9-12(14(17)18-13)15-19-6-7-20-15/h4-5,8-9,15H,6-7H2,1-3H3. The Hall–Kier alpha value is -1.16. The van der Waals surface area contributed by atoms with Gasteiger partial charge in [-0.05, 0) is 29.2 Å². The zero-order valence-electron chi connectivity index (χ0n) is 11.9. The van der Waals surface area contributed by atoms with Crippen LogP contribution in [0.25, 0.3) is 10.9 Å². The van der Waals surface area contributed by atoms with E-state index in [2.05, 4.69) is 37.9 Å². The lowest BCUT2D eigenvalue weighted by molar-refractivity contribution is -0.0441. The van der Waals surface area contributed by atoms with Gasteiger partial charge in [0, 0.05) is 10.9 Å². The van der Waals surface area contributed by atoms with Crippen LogP contribution in [0.2, 0.25) is 5.15 Å². The van der Waals surface area contributed by atoms with Gasteiger partial charge in [0.2, 0.25) is 0 Å². The summed E-state index contributed by atoms with van der Waals surface area (Å²) in [7, 11) is 0. The molecule has 1 aromatic carbocycles. The Labute approximate surface area is 123 Å². The molecule has 2 heterocycles. The van der Waals surface area contributed by atoms with Gasteiger partial charge in [-0.2, -0.15) is 0 Å². The van der Waals surface area contributed by atoms with Crippen molar-refractivity contribution in [2.75, 3.05) is 13.2 Å². The van der Waals surface area contributed by atoms with Crippen LogP contribution in [-0.2, 0) is 14.9 Å². The van der Waals surface area contributed by atoms with Gasteiger partial charge in [-0.15, -0.1) is 0 Å². The molecule has 0 atom stereocenters. The lowest BCUT2D eigenvalue weighted by Gasteiger charge is -2.20. The van der Waals surface area contributed by atoms with Crippen LogP contribution in [0.15, 0.2) is 24.3 Å². The molecule has 1 saturated heterocycles. The molecule has 0 saturated carbocycles. The molecule has 1 aliphatic rings. The highest BCUT2D eigenvalue weighted by Crippen LogP contribution is 2.32. The van der Waals surface area contributed by atoms with E-state index in [4.69, 9.17) is 21.1 Å². The van der Waals surface area contributed by atoms with Gasteiger partial charge >= 0.3 is 0 Å². The van der Waals surface area contributed by atoms with Crippen molar-refractivity contribution >= 4 is 22.5 Å². The SMILES string of the molecule is CC(C)(C)c1ccc2nc(Cl)c(C3OCCO3)cc2c1. The molecule has 20 heavy (non-hydrogen) atoms. The van der Waals surface area contributed by atoms with Crippen molar-refractivity contribution < 1.29 is 9.47 Å². The predicted molar refractivity (Wildman–Crippen MR) is 80.1 cm³/mol. The van der Waals surface area contributed by atoms with Gasteiger partial charge in [0.1, 0.15) is 5.15 Å². The molecule has 0 amide bonds. The van der Waals surface area contributed by atoms with Gasteiger partial charge < -0.3 is 9.47 Å². The molecule has 0 N–H and O–H groups in total. The summed E-state index contributed by atoms with van der Waals surface area (Å²) in [5, 5.41) is 1.52. The van der Waals surface area contributed by atoms with Crippen LogP contribution in [0.5, 0.6) is 0 Å². The van der Waals surface area contributed by atoms with E-state index in [9.17, 15) is 0 Å². The average Bonchev–Trinajstić information content (AvgIpc) is 2.90. The summed E-state index contributed by atoms with van der Waals surface area (Å²) in [6.45, 7) is 7.78. The van der Waals surface area contributed by atoms with Crippen molar-refractivity contribution in [3.05, 3.63) is 40.5 Å². The lowest BCUT2D eigenvalue weighted by atomic mass is 9.86. The first-order valence-electron chi connectivity index (χ1n) is 6.79. The zero-order valence-corrected chi connectivity index (χ0v) is 12.7. The van der Waals surface area contributed by atoms with Gasteiger partial charge in [-0.1, -0.05) is 38.4 Å². The van der Waals surface area contributed by atoms with Crippen LogP contribution in [-0.4, -0.2) is 18.2 Å². The summed E-state index contributed by atoms with van der Waals surface area (Å²) in [4.78, 5) is 4.45. The summed E-state index contributed by atoms with van der Waals surface area (Å²) in [6, 6.07) is 8.31. The molecule has 2 aromatic rings. The number of hydrogen-bond donors (Lipinski definition) is 0.